The van der Waals surface area contributed by atoms with Crippen LogP contribution in [0.4, 0.5) is 15.8 Å². The molecule has 1 unspecified atom stereocenters. The molecule has 1 aliphatic rings. The number of nitrogens with one attached hydrogen (secondary N) is 1. The van der Waals surface area contributed by atoms with Crippen molar-refractivity contribution in [3.8, 4) is 0 Å². The number of fused-ring (bicyclic) bond motifs is 1. The van der Waals surface area contributed by atoms with Gasteiger partial charge in [0.2, 0.25) is 5.78 Å². The summed E-state index contributed by atoms with van der Waals surface area (Å²) >= 11 is 0. The highest BCUT2D eigenvalue weighted by atomic mass is 19.1. The molecule has 1 fully saturated rings. The molecule has 2 aromatic heterocycles. The van der Waals surface area contributed by atoms with Crippen LogP contribution >= 0.6 is 0 Å². The van der Waals surface area contributed by atoms with Crippen LogP contribution in [0.3, 0.4) is 0 Å². The number of anilines is 2. The van der Waals surface area contributed by atoms with Gasteiger partial charge in [-0.1, -0.05) is 0 Å². The zero-order valence-electron chi connectivity index (χ0n) is 12.4. The summed E-state index contributed by atoms with van der Waals surface area (Å²) in [6.07, 6.45) is 2.90. The third-order valence-corrected chi connectivity index (χ3v) is 3.97. The summed E-state index contributed by atoms with van der Waals surface area (Å²) in [7, 11) is 1.80. The number of rotatable bonds is 4. The molecule has 1 aliphatic heterocycles. The summed E-state index contributed by atoms with van der Waals surface area (Å²) in [5.41, 5.74) is 2.65. The van der Waals surface area contributed by atoms with Crippen molar-refractivity contribution in [3.63, 3.8) is 0 Å². The summed E-state index contributed by atoms with van der Waals surface area (Å²) in [5.74, 6) is -0.441. The highest BCUT2D eigenvalue weighted by molar-refractivity contribution is 6.12. The van der Waals surface area contributed by atoms with Crippen molar-refractivity contribution in [2.75, 3.05) is 11.9 Å². The van der Waals surface area contributed by atoms with Crippen LogP contribution in [-0.2, 0) is 11.8 Å². The summed E-state index contributed by atoms with van der Waals surface area (Å²) in [6, 6.07) is 8.08. The van der Waals surface area contributed by atoms with Crippen molar-refractivity contribution in [2.45, 2.75) is 6.10 Å². The van der Waals surface area contributed by atoms with Gasteiger partial charge < -0.3 is 14.6 Å². The molecule has 0 radical (unpaired) electrons. The van der Waals surface area contributed by atoms with E-state index in [1.807, 2.05) is 0 Å². The van der Waals surface area contributed by atoms with E-state index in [2.05, 4.69) is 10.3 Å². The number of halogens is 1. The Morgan fingerprint density at radius 3 is 2.78 bits per heavy atom. The first kappa shape index (κ1) is 13.9. The lowest BCUT2D eigenvalue weighted by atomic mass is 10.1. The maximum atomic E-state index is 13.7. The van der Waals surface area contributed by atoms with E-state index in [0.717, 1.165) is 11.2 Å². The van der Waals surface area contributed by atoms with Crippen LogP contribution in [0.25, 0.3) is 10.9 Å². The number of benzene rings is 1. The second-order valence-corrected chi connectivity index (χ2v) is 5.49. The molecular formula is C17H14FN3O2. The predicted molar refractivity (Wildman–Crippen MR) is 84.5 cm³/mol. The Labute approximate surface area is 131 Å². The Hall–Kier alpha value is -2.73. The lowest BCUT2D eigenvalue weighted by Crippen LogP contribution is -2.13. The number of ether oxygens (including phenoxy) is 1. The SMILES string of the molecule is Cn1c(C(=O)C2CO2)c(Nc2ccncc2)c2cc(F)ccc21. The molecule has 0 saturated carbocycles. The molecule has 1 aromatic carbocycles. The lowest BCUT2D eigenvalue weighted by Gasteiger charge is -2.08. The molecule has 1 atom stereocenters. The minimum atomic E-state index is -0.402. The van der Waals surface area contributed by atoms with E-state index in [0.29, 0.717) is 23.4 Å². The van der Waals surface area contributed by atoms with Gasteiger partial charge in [0, 0.05) is 30.5 Å². The van der Waals surface area contributed by atoms with Crippen LogP contribution in [0.1, 0.15) is 10.5 Å². The minimum Gasteiger partial charge on any atom is -0.364 e. The number of hydrogen-bond acceptors (Lipinski definition) is 4. The normalized spacial score (nSPS) is 16.5. The van der Waals surface area contributed by atoms with Crippen LogP contribution in [0.2, 0.25) is 0 Å². The maximum Gasteiger partial charge on any atom is 0.212 e. The monoisotopic (exact) mass is 311 g/mol. The van der Waals surface area contributed by atoms with Crippen molar-refractivity contribution in [1.29, 1.82) is 0 Å². The fraction of sp³-hybridized carbons (Fsp3) is 0.176. The van der Waals surface area contributed by atoms with Gasteiger partial charge in [-0.25, -0.2) is 4.39 Å². The molecule has 3 heterocycles. The standard InChI is InChI=1S/C17H14FN3O2/c1-21-13-3-2-10(18)8-12(13)15(16(21)17(22)14-9-23-14)20-11-4-6-19-7-5-11/h2-8,14H,9H2,1H3,(H,19,20). The fourth-order valence-corrected chi connectivity index (χ4v) is 2.76. The molecule has 0 aliphatic carbocycles. The summed E-state index contributed by atoms with van der Waals surface area (Å²) in [6.45, 7) is 0.434. The Balaban J connectivity index is 1.92. The molecule has 1 N–H and O–H groups in total. The molecule has 4 rings (SSSR count). The highest BCUT2D eigenvalue weighted by Gasteiger charge is 2.36. The number of ketones is 1. The molecule has 0 bridgehead atoms. The van der Waals surface area contributed by atoms with Crippen molar-refractivity contribution < 1.29 is 13.9 Å². The largest absolute Gasteiger partial charge is 0.364 e. The highest BCUT2D eigenvalue weighted by Crippen LogP contribution is 2.35. The van der Waals surface area contributed by atoms with Crippen LogP contribution in [0.15, 0.2) is 42.7 Å². The van der Waals surface area contributed by atoms with Gasteiger partial charge in [0.25, 0.3) is 0 Å². The van der Waals surface area contributed by atoms with Crippen LogP contribution in [0.5, 0.6) is 0 Å². The molecule has 0 spiro atoms. The van der Waals surface area contributed by atoms with Gasteiger partial charge in [-0.15, -0.1) is 0 Å². The van der Waals surface area contributed by atoms with E-state index in [4.69, 9.17) is 4.74 Å². The van der Waals surface area contributed by atoms with Gasteiger partial charge in [-0.2, -0.15) is 0 Å². The number of nitrogens with zero attached hydrogens (tertiary/aromatic N) is 2. The van der Waals surface area contributed by atoms with Crippen LogP contribution in [-0.4, -0.2) is 28.0 Å². The Morgan fingerprint density at radius 1 is 1.35 bits per heavy atom. The first-order chi connectivity index (χ1) is 11.1. The summed E-state index contributed by atoms with van der Waals surface area (Å²) in [4.78, 5) is 16.6. The number of Topliss-reactive ketones (excluding diaryl/α,β-unsaturated/α-hetero) is 1. The Morgan fingerprint density at radius 2 is 2.09 bits per heavy atom. The third kappa shape index (κ3) is 2.37. The minimum absolute atomic E-state index is 0.0966. The number of hydrogen-bond donors (Lipinski definition) is 1. The first-order valence-electron chi connectivity index (χ1n) is 7.26. The average Bonchev–Trinajstić information content (AvgIpc) is 3.36. The van der Waals surface area contributed by atoms with E-state index in [-0.39, 0.29) is 11.6 Å². The van der Waals surface area contributed by atoms with E-state index in [9.17, 15) is 9.18 Å². The molecule has 5 nitrogen and oxygen atoms in total. The van der Waals surface area contributed by atoms with Crippen molar-refractivity contribution in [1.82, 2.24) is 9.55 Å². The van der Waals surface area contributed by atoms with E-state index >= 15 is 0 Å². The van der Waals surface area contributed by atoms with Crippen LogP contribution in [0, 0.1) is 5.82 Å². The molecular weight excluding hydrogens is 297 g/mol. The van der Waals surface area contributed by atoms with Crippen molar-refractivity contribution in [2.24, 2.45) is 7.05 Å². The summed E-state index contributed by atoms with van der Waals surface area (Å²) in [5, 5.41) is 3.88. The van der Waals surface area contributed by atoms with Crippen molar-refractivity contribution >= 4 is 28.1 Å². The Bertz CT molecular complexity index is 901. The number of aryl methyl sites for hydroxylation is 1. The van der Waals surface area contributed by atoms with Gasteiger partial charge in [-0.3, -0.25) is 9.78 Å². The second-order valence-electron chi connectivity index (χ2n) is 5.49. The van der Waals surface area contributed by atoms with E-state index < -0.39 is 6.10 Å². The smallest absolute Gasteiger partial charge is 0.212 e. The molecule has 0 amide bonds. The average molecular weight is 311 g/mol. The molecule has 116 valence electrons. The van der Waals surface area contributed by atoms with Gasteiger partial charge in [0.15, 0.2) is 0 Å². The zero-order chi connectivity index (χ0) is 16.0. The summed E-state index contributed by atoms with van der Waals surface area (Å²) < 4.78 is 20.6. The van der Waals surface area contributed by atoms with Gasteiger partial charge in [0.05, 0.1) is 17.8 Å². The third-order valence-electron chi connectivity index (χ3n) is 3.97. The Kier molecular flexibility index (Phi) is 3.12. The maximum absolute atomic E-state index is 13.7. The fourth-order valence-electron chi connectivity index (χ4n) is 2.76. The number of pyridine rings is 1. The number of carbonyl (C=O) groups is 1. The number of carbonyl (C=O) groups excluding carboxylic acids is 1. The predicted octanol–water partition coefficient (Wildman–Crippen LogP) is 3.04. The number of aromatic nitrogens is 2. The van der Waals surface area contributed by atoms with Gasteiger partial charge in [-0.05, 0) is 30.3 Å². The lowest BCUT2D eigenvalue weighted by molar-refractivity contribution is 0.0947. The van der Waals surface area contributed by atoms with E-state index in [1.54, 1.807) is 42.2 Å². The number of epoxide rings is 1. The molecule has 1 saturated heterocycles. The molecule has 3 aromatic rings. The second kappa shape index (κ2) is 5.17. The quantitative estimate of drug-likeness (QED) is 0.594. The van der Waals surface area contributed by atoms with Gasteiger partial charge >= 0.3 is 0 Å². The zero-order valence-corrected chi connectivity index (χ0v) is 12.4. The first-order valence-corrected chi connectivity index (χ1v) is 7.26. The van der Waals surface area contributed by atoms with Gasteiger partial charge in [0.1, 0.15) is 17.6 Å². The molecule has 23 heavy (non-hydrogen) atoms. The molecule has 6 heteroatoms. The van der Waals surface area contributed by atoms with E-state index in [1.165, 1.54) is 12.1 Å². The van der Waals surface area contributed by atoms with Crippen molar-refractivity contribution in [3.05, 3.63) is 54.2 Å². The van der Waals surface area contributed by atoms with Crippen LogP contribution < -0.4 is 5.32 Å². The topological polar surface area (TPSA) is 59.5 Å².